The Labute approximate surface area is 151 Å². The van der Waals surface area contributed by atoms with E-state index in [1.54, 1.807) is 40.6 Å². The summed E-state index contributed by atoms with van der Waals surface area (Å²) in [5, 5.41) is 19.3. The van der Waals surface area contributed by atoms with Crippen molar-refractivity contribution in [1.29, 1.82) is 0 Å². The van der Waals surface area contributed by atoms with Crippen LogP contribution in [-0.4, -0.2) is 53.4 Å². The zero-order valence-electron chi connectivity index (χ0n) is 14.9. The predicted molar refractivity (Wildman–Crippen MR) is 94.6 cm³/mol. The first-order chi connectivity index (χ1) is 12.5. The van der Waals surface area contributed by atoms with E-state index in [4.69, 9.17) is 0 Å². The van der Waals surface area contributed by atoms with Crippen molar-refractivity contribution in [1.82, 2.24) is 29.3 Å². The molecule has 0 aromatic carbocycles. The van der Waals surface area contributed by atoms with E-state index in [1.807, 2.05) is 24.3 Å². The largest absolute Gasteiger partial charge is 0.382 e. The molecule has 136 valence electrons. The summed E-state index contributed by atoms with van der Waals surface area (Å²) in [6, 6.07) is 3.83. The summed E-state index contributed by atoms with van der Waals surface area (Å²) in [4.78, 5) is 18.7. The number of fused-ring (bicyclic) bond motifs is 1. The van der Waals surface area contributed by atoms with Gasteiger partial charge in [-0.15, -0.1) is 5.10 Å². The molecule has 0 radical (unpaired) electrons. The van der Waals surface area contributed by atoms with Gasteiger partial charge in [-0.1, -0.05) is 5.21 Å². The molecule has 8 heteroatoms. The molecule has 0 saturated carbocycles. The fourth-order valence-corrected chi connectivity index (χ4v) is 3.39. The summed E-state index contributed by atoms with van der Waals surface area (Å²) in [7, 11) is 0. The van der Waals surface area contributed by atoms with Crippen molar-refractivity contribution in [3.63, 3.8) is 0 Å². The average Bonchev–Trinajstić information content (AvgIpc) is 3.30. The van der Waals surface area contributed by atoms with Crippen molar-refractivity contribution in [3.8, 4) is 0 Å². The van der Waals surface area contributed by atoms with Crippen LogP contribution in [0.3, 0.4) is 0 Å². The summed E-state index contributed by atoms with van der Waals surface area (Å²) >= 11 is 0. The molecule has 1 aliphatic heterocycles. The Bertz CT molecular complexity index is 946. The highest BCUT2D eigenvalue weighted by molar-refractivity contribution is 5.94. The van der Waals surface area contributed by atoms with Gasteiger partial charge in [0.2, 0.25) is 0 Å². The highest BCUT2D eigenvalue weighted by Gasteiger charge is 2.39. The fraction of sp³-hybridized carbons (Fsp3) is 0.444. The van der Waals surface area contributed by atoms with E-state index in [-0.39, 0.29) is 18.5 Å². The average molecular weight is 354 g/mol. The third kappa shape index (κ3) is 2.86. The number of rotatable bonds is 3. The minimum atomic E-state index is -1.17. The summed E-state index contributed by atoms with van der Waals surface area (Å²) < 4.78 is 3.54. The summed E-state index contributed by atoms with van der Waals surface area (Å²) in [6.45, 7) is 4.84. The number of aromatic nitrogens is 5. The molecule has 0 spiro atoms. The third-order valence-electron chi connectivity index (χ3n) is 4.93. The molecule has 0 aliphatic carbocycles. The van der Waals surface area contributed by atoms with Crippen LogP contribution in [0.25, 0.3) is 5.52 Å². The van der Waals surface area contributed by atoms with Gasteiger partial charge in [0, 0.05) is 18.8 Å². The second-order valence-corrected chi connectivity index (χ2v) is 7.18. The third-order valence-corrected chi connectivity index (χ3v) is 4.93. The summed E-state index contributed by atoms with van der Waals surface area (Å²) in [5.41, 5.74) is 0.863. The minimum absolute atomic E-state index is 0.102. The first-order valence-electron chi connectivity index (χ1n) is 8.82. The highest BCUT2D eigenvalue weighted by Crippen LogP contribution is 2.31. The quantitative estimate of drug-likeness (QED) is 0.772. The first kappa shape index (κ1) is 16.7. The van der Waals surface area contributed by atoms with E-state index in [9.17, 15) is 9.90 Å². The highest BCUT2D eigenvalue weighted by atomic mass is 16.3. The molecule has 8 nitrogen and oxygen atoms in total. The van der Waals surface area contributed by atoms with Crippen molar-refractivity contribution < 1.29 is 9.90 Å². The Balaban J connectivity index is 1.57. The molecule has 1 fully saturated rings. The number of aliphatic hydroxyl groups is 1. The zero-order valence-corrected chi connectivity index (χ0v) is 14.9. The van der Waals surface area contributed by atoms with E-state index in [1.165, 1.54) is 0 Å². The van der Waals surface area contributed by atoms with Crippen LogP contribution in [0.5, 0.6) is 0 Å². The fourth-order valence-electron chi connectivity index (χ4n) is 3.39. The van der Waals surface area contributed by atoms with Crippen molar-refractivity contribution >= 4 is 11.4 Å². The van der Waals surface area contributed by atoms with Gasteiger partial charge in [-0.3, -0.25) is 4.79 Å². The van der Waals surface area contributed by atoms with Crippen LogP contribution in [-0.2, 0) is 5.60 Å². The number of nitrogens with zero attached hydrogens (tertiary/aromatic N) is 6. The van der Waals surface area contributed by atoms with Gasteiger partial charge in [0.15, 0.2) is 0 Å². The number of β-amino-alcohol motifs (C(OH)–C–C–N with tert-alkyl or cyclic N) is 1. The predicted octanol–water partition coefficient (Wildman–Crippen LogP) is 1.63. The van der Waals surface area contributed by atoms with E-state index < -0.39 is 5.60 Å². The molecule has 4 rings (SSSR count). The monoisotopic (exact) mass is 354 g/mol. The molecule has 1 atom stereocenters. The molecule has 3 aromatic heterocycles. The number of pyridine rings is 1. The maximum Gasteiger partial charge on any atom is 0.255 e. The molecule has 0 unspecified atom stereocenters. The van der Waals surface area contributed by atoms with Crippen molar-refractivity contribution in [3.05, 3.63) is 48.3 Å². The molecule has 1 saturated heterocycles. The van der Waals surface area contributed by atoms with Gasteiger partial charge in [0.25, 0.3) is 5.91 Å². The smallest absolute Gasteiger partial charge is 0.255 e. The number of imidazole rings is 1. The molecule has 3 aromatic rings. The Morgan fingerprint density at radius 1 is 1.31 bits per heavy atom. The first-order valence-corrected chi connectivity index (χ1v) is 8.82. The Kier molecular flexibility index (Phi) is 3.99. The number of carbonyl (C=O) groups excluding carboxylic acids is 1. The lowest BCUT2D eigenvalue weighted by molar-refractivity contribution is -0.0320. The van der Waals surface area contributed by atoms with Crippen LogP contribution in [0.2, 0.25) is 0 Å². The molecule has 1 amide bonds. The zero-order chi connectivity index (χ0) is 18.3. The van der Waals surface area contributed by atoms with Crippen molar-refractivity contribution in [2.45, 2.75) is 38.3 Å². The molecule has 26 heavy (non-hydrogen) atoms. The lowest BCUT2D eigenvalue weighted by Gasteiger charge is -2.38. The molecular formula is C18H22N6O2. The summed E-state index contributed by atoms with van der Waals surface area (Å²) in [6.07, 6.45) is 8.23. The van der Waals surface area contributed by atoms with E-state index in [0.29, 0.717) is 30.6 Å². The minimum Gasteiger partial charge on any atom is -0.382 e. The standard InChI is InChI=1S/C18H22N6O2/c1-13(2)24-10-16(20-21-24)18(26)6-3-7-22(11-18)17(25)14-4-5-15-8-19-12-23(15)9-14/h4-5,8-10,12-13,26H,3,6-7,11H2,1-2H3/t18-/m0/s1. The van der Waals surface area contributed by atoms with Crippen LogP contribution in [0, 0.1) is 0 Å². The van der Waals surface area contributed by atoms with Crippen LogP contribution in [0.15, 0.2) is 37.1 Å². The summed E-state index contributed by atoms with van der Waals surface area (Å²) in [5.74, 6) is -0.102. The van der Waals surface area contributed by atoms with E-state index in [0.717, 1.165) is 5.52 Å². The number of hydrogen-bond donors (Lipinski definition) is 1. The molecule has 0 bridgehead atoms. The second kappa shape index (κ2) is 6.21. The van der Waals surface area contributed by atoms with E-state index in [2.05, 4.69) is 15.3 Å². The maximum absolute atomic E-state index is 12.9. The topological polar surface area (TPSA) is 88.5 Å². The maximum atomic E-state index is 12.9. The lowest BCUT2D eigenvalue weighted by Crippen LogP contribution is -2.48. The van der Waals surface area contributed by atoms with Gasteiger partial charge in [-0.05, 0) is 38.8 Å². The van der Waals surface area contributed by atoms with Gasteiger partial charge in [0.05, 0.1) is 36.3 Å². The second-order valence-electron chi connectivity index (χ2n) is 7.18. The number of carbonyl (C=O) groups is 1. The number of piperidine rings is 1. The van der Waals surface area contributed by atoms with Crippen LogP contribution >= 0.6 is 0 Å². The van der Waals surface area contributed by atoms with Gasteiger partial charge in [-0.25, -0.2) is 9.67 Å². The van der Waals surface area contributed by atoms with Crippen LogP contribution < -0.4 is 0 Å². The SMILES string of the molecule is CC(C)n1cc([C@]2(O)CCCN(C(=O)c3ccc4cncn4c3)C2)nn1. The lowest BCUT2D eigenvalue weighted by atomic mass is 9.89. The Morgan fingerprint density at radius 2 is 2.15 bits per heavy atom. The number of amides is 1. The van der Waals surface area contributed by atoms with E-state index >= 15 is 0 Å². The molecular weight excluding hydrogens is 332 g/mol. The molecule has 4 heterocycles. The van der Waals surface area contributed by atoms with Gasteiger partial charge in [-0.2, -0.15) is 0 Å². The number of likely N-dealkylation sites (tertiary alicyclic amines) is 1. The van der Waals surface area contributed by atoms with Crippen molar-refractivity contribution in [2.75, 3.05) is 13.1 Å². The van der Waals surface area contributed by atoms with Crippen LogP contribution in [0.1, 0.15) is 48.8 Å². The van der Waals surface area contributed by atoms with Gasteiger partial charge in [0.1, 0.15) is 11.3 Å². The molecule has 1 aliphatic rings. The Hall–Kier alpha value is -2.74. The van der Waals surface area contributed by atoms with Crippen LogP contribution in [0.4, 0.5) is 0 Å². The molecule has 1 N–H and O–H groups in total. The number of hydrogen-bond acceptors (Lipinski definition) is 5. The van der Waals surface area contributed by atoms with Crippen molar-refractivity contribution in [2.24, 2.45) is 0 Å². The van der Waals surface area contributed by atoms with Gasteiger partial charge >= 0.3 is 0 Å². The Morgan fingerprint density at radius 3 is 2.92 bits per heavy atom. The normalized spacial score (nSPS) is 20.8. The van der Waals surface area contributed by atoms with Gasteiger partial charge < -0.3 is 14.4 Å².